The van der Waals surface area contributed by atoms with Gasteiger partial charge in [-0.25, -0.2) is 8.42 Å². The molecule has 1 rings (SSSR count). The number of hydrogen-bond donors (Lipinski definition) is 1. The van der Waals surface area contributed by atoms with Gasteiger partial charge in [0.1, 0.15) is 0 Å². The Hall–Kier alpha value is -1.58. The quantitative estimate of drug-likeness (QED) is 0.832. The summed E-state index contributed by atoms with van der Waals surface area (Å²) in [4.78, 5) is 0. The first-order valence-corrected chi connectivity index (χ1v) is 7.54. The van der Waals surface area contributed by atoms with Gasteiger partial charge in [-0.1, -0.05) is 12.1 Å². The van der Waals surface area contributed by atoms with Crippen LogP contribution in [-0.4, -0.2) is 24.0 Å². The van der Waals surface area contributed by atoms with Crippen molar-refractivity contribution in [3.8, 4) is 6.07 Å². The van der Waals surface area contributed by atoms with Gasteiger partial charge in [0.25, 0.3) is 0 Å². The zero-order chi connectivity index (χ0) is 14.6. The fourth-order valence-electron chi connectivity index (χ4n) is 1.71. The van der Waals surface area contributed by atoms with Crippen LogP contribution in [0.1, 0.15) is 26.3 Å². The number of rotatable bonds is 5. The molecule has 1 unspecified atom stereocenters. The summed E-state index contributed by atoms with van der Waals surface area (Å²) in [5.41, 5.74) is 7.08. The number of nitrogens with zero attached hydrogens (tertiary/aromatic N) is 2. The Morgan fingerprint density at radius 3 is 2.47 bits per heavy atom. The molecule has 1 aromatic carbocycles. The smallest absolute Gasteiger partial charge is 0.230 e. The molecule has 0 radical (unpaired) electrons. The molecule has 0 heterocycles. The second-order valence-electron chi connectivity index (χ2n) is 4.70. The van der Waals surface area contributed by atoms with Gasteiger partial charge in [-0.15, -0.1) is 0 Å². The standard InChI is InChI=1S/C13H19N3O2S/c1-10(2)16(19(17,18)11(3)8-14)9-12-5-4-6-13(15)7-12/h4-7,10-11H,9,15H2,1-3H3. The summed E-state index contributed by atoms with van der Waals surface area (Å²) in [5.74, 6) is 0. The van der Waals surface area contributed by atoms with Crippen LogP contribution in [0.2, 0.25) is 0 Å². The molecule has 5 nitrogen and oxygen atoms in total. The summed E-state index contributed by atoms with van der Waals surface area (Å²) in [6.45, 7) is 5.18. The molecule has 19 heavy (non-hydrogen) atoms. The van der Waals surface area contributed by atoms with Crippen molar-refractivity contribution in [2.45, 2.75) is 38.6 Å². The zero-order valence-corrected chi connectivity index (χ0v) is 12.2. The molecule has 0 aromatic heterocycles. The fraction of sp³-hybridized carbons (Fsp3) is 0.462. The molecule has 6 heteroatoms. The Balaban J connectivity index is 3.08. The minimum absolute atomic E-state index is 0.219. The summed E-state index contributed by atoms with van der Waals surface area (Å²) >= 11 is 0. The highest BCUT2D eigenvalue weighted by Crippen LogP contribution is 2.18. The lowest BCUT2D eigenvalue weighted by molar-refractivity contribution is 0.346. The maximum atomic E-state index is 12.3. The van der Waals surface area contributed by atoms with Gasteiger partial charge >= 0.3 is 0 Å². The van der Waals surface area contributed by atoms with Crippen molar-refractivity contribution in [3.05, 3.63) is 29.8 Å². The van der Waals surface area contributed by atoms with Crippen molar-refractivity contribution < 1.29 is 8.42 Å². The molecule has 104 valence electrons. The van der Waals surface area contributed by atoms with Crippen LogP contribution in [0.4, 0.5) is 5.69 Å². The first kappa shape index (κ1) is 15.5. The van der Waals surface area contributed by atoms with Gasteiger partial charge in [0.05, 0.1) is 6.07 Å². The number of nitrogens with two attached hydrogens (primary N) is 1. The predicted molar refractivity (Wildman–Crippen MR) is 75.5 cm³/mol. The Morgan fingerprint density at radius 1 is 1.37 bits per heavy atom. The monoisotopic (exact) mass is 281 g/mol. The number of benzene rings is 1. The molecule has 0 spiro atoms. The molecule has 1 aromatic rings. The van der Waals surface area contributed by atoms with E-state index in [1.54, 1.807) is 38.1 Å². The SMILES string of the molecule is CC(C)N(Cc1cccc(N)c1)S(=O)(=O)C(C)C#N. The average molecular weight is 281 g/mol. The van der Waals surface area contributed by atoms with Crippen LogP contribution in [0, 0.1) is 11.3 Å². The maximum Gasteiger partial charge on any atom is 0.230 e. The number of nitriles is 1. The lowest BCUT2D eigenvalue weighted by Crippen LogP contribution is -2.41. The van der Waals surface area contributed by atoms with E-state index in [0.29, 0.717) is 5.69 Å². The van der Waals surface area contributed by atoms with Gasteiger partial charge in [-0.05, 0) is 38.5 Å². The molecule has 0 fully saturated rings. The van der Waals surface area contributed by atoms with E-state index in [9.17, 15) is 8.42 Å². The molecular formula is C13H19N3O2S. The number of sulfonamides is 1. The number of hydrogen-bond acceptors (Lipinski definition) is 4. The van der Waals surface area contributed by atoms with Crippen LogP contribution in [0.5, 0.6) is 0 Å². The Morgan fingerprint density at radius 2 is 2.00 bits per heavy atom. The Kier molecular flexibility index (Phi) is 4.92. The second-order valence-corrected chi connectivity index (χ2v) is 6.91. The molecule has 0 aliphatic heterocycles. The molecular weight excluding hydrogens is 262 g/mol. The predicted octanol–water partition coefficient (Wildman–Crippen LogP) is 1.72. The first-order chi connectivity index (χ1) is 8.78. The lowest BCUT2D eigenvalue weighted by atomic mass is 10.2. The number of anilines is 1. The first-order valence-electron chi connectivity index (χ1n) is 6.03. The van der Waals surface area contributed by atoms with E-state index in [1.807, 2.05) is 6.07 Å². The van der Waals surface area contributed by atoms with Crippen LogP contribution in [0.3, 0.4) is 0 Å². The number of nitrogen functional groups attached to an aromatic ring is 1. The highest BCUT2D eigenvalue weighted by Gasteiger charge is 2.30. The van der Waals surface area contributed by atoms with Gasteiger partial charge in [0.2, 0.25) is 10.0 Å². The third kappa shape index (κ3) is 3.69. The van der Waals surface area contributed by atoms with Gasteiger partial charge < -0.3 is 5.73 Å². The van der Waals surface area contributed by atoms with Gasteiger partial charge in [-0.3, -0.25) is 0 Å². The topological polar surface area (TPSA) is 87.2 Å². The summed E-state index contributed by atoms with van der Waals surface area (Å²) < 4.78 is 25.9. The zero-order valence-electron chi connectivity index (χ0n) is 11.4. The van der Waals surface area contributed by atoms with Crippen molar-refractivity contribution in [3.63, 3.8) is 0 Å². The van der Waals surface area contributed by atoms with Crippen molar-refractivity contribution in [1.29, 1.82) is 5.26 Å². The van der Waals surface area contributed by atoms with E-state index in [4.69, 9.17) is 11.0 Å². The minimum atomic E-state index is -3.63. The maximum absolute atomic E-state index is 12.3. The van der Waals surface area contributed by atoms with Crippen molar-refractivity contribution in [1.82, 2.24) is 4.31 Å². The van der Waals surface area contributed by atoms with Crippen molar-refractivity contribution >= 4 is 15.7 Å². The van der Waals surface area contributed by atoms with Gasteiger partial charge in [-0.2, -0.15) is 9.57 Å². The minimum Gasteiger partial charge on any atom is -0.399 e. The molecule has 0 amide bonds. The molecule has 0 saturated heterocycles. The fourth-order valence-corrected chi connectivity index (χ4v) is 3.16. The molecule has 0 saturated carbocycles. The summed E-state index contributed by atoms with van der Waals surface area (Å²) in [6, 6.07) is 8.65. The van der Waals surface area contributed by atoms with E-state index in [-0.39, 0.29) is 12.6 Å². The van der Waals surface area contributed by atoms with E-state index in [1.165, 1.54) is 11.2 Å². The van der Waals surface area contributed by atoms with Crippen LogP contribution >= 0.6 is 0 Å². The van der Waals surface area contributed by atoms with Crippen LogP contribution in [0.15, 0.2) is 24.3 Å². The molecule has 2 N–H and O–H groups in total. The van der Waals surface area contributed by atoms with Crippen LogP contribution < -0.4 is 5.73 Å². The third-order valence-corrected chi connectivity index (χ3v) is 5.02. The van der Waals surface area contributed by atoms with Crippen molar-refractivity contribution in [2.24, 2.45) is 0 Å². The van der Waals surface area contributed by atoms with Crippen LogP contribution in [0.25, 0.3) is 0 Å². The summed E-state index contributed by atoms with van der Waals surface area (Å²) in [6.07, 6.45) is 0. The largest absolute Gasteiger partial charge is 0.399 e. The normalized spacial score (nSPS) is 13.5. The summed E-state index contributed by atoms with van der Waals surface area (Å²) in [7, 11) is -3.63. The van der Waals surface area contributed by atoms with Crippen LogP contribution in [-0.2, 0) is 16.6 Å². The van der Waals surface area contributed by atoms with E-state index in [0.717, 1.165) is 5.56 Å². The van der Waals surface area contributed by atoms with E-state index < -0.39 is 15.3 Å². The molecule has 0 aliphatic carbocycles. The van der Waals surface area contributed by atoms with Gasteiger partial charge in [0, 0.05) is 18.3 Å². The lowest BCUT2D eigenvalue weighted by Gasteiger charge is -2.27. The molecule has 1 atom stereocenters. The van der Waals surface area contributed by atoms with E-state index >= 15 is 0 Å². The third-order valence-electron chi connectivity index (χ3n) is 2.82. The molecule has 0 aliphatic rings. The Bertz CT molecular complexity index is 576. The summed E-state index contributed by atoms with van der Waals surface area (Å²) in [5, 5.41) is 7.78. The highest BCUT2D eigenvalue weighted by molar-refractivity contribution is 7.89. The Labute approximate surface area is 114 Å². The molecule has 0 bridgehead atoms. The van der Waals surface area contributed by atoms with Crippen molar-refractivity contribution in [2.75, 3.05) is 5.73 Å². The van der Waals surface area contributed by atoms with Gasteiger partial charge in [0.15, 0.2) is 5.25 Å². The van der Waals surface area contributed by atoms with E-state index in [2.05, 4.69) is 0 Å². The highest BCUT2D eigenvalue weighted by atomic mass is 32.2. The average Bonchev–Trinajstić information content (AvgIpc) is 2.34. The second kappa shape index (κ2) is 6.04.